The fourth-order valence-corrected chi connectivity index (χ4v) is 6.89. The van der Waals surface area contributed by atoms with Crippen LogP contribution in [0.15, 0.2) is 77.7 Å². The van der Waals surface area contributed by atoms with Crippen molar-refractivity contribution in [1.29, 1.82) is 0 Å². The normalized spacial score (nSPS) is 14.5. The van der Waals surface area contributed by atoms with E-state index in [0.717, 1.165) is 39.0 Å². The van der Waals surface area contributed by atoms with Gasteiger partial charge in [-0.15, -0.1) is 11.3 Å². The summed E-state index contributed by atoms with van der Waals surface area (Å²) in [6.07, 6.45) is 8.29. The standard InChI is InChI=1S/C25H23NO3S2.C7H14.H2/c1-25(2,3)18-9-12-20(13-10-18)31(28,29)26-19-11-14-22-21(15-19)24(23(16-27)30-22)17-7-5-4-6-8-17;1-7-5-3-2-4-6-7;/h4-16,26H,1-3H3;7H,2-6H2,1H3;1H. The first-order valence-electron chi connectivity index (χ1n) is 13.3. The van der Waals surface area contributed by atoms with Crippen molar-refractivity contribution in [2.24, 2.45) is 5.92 Å². The Balaban J connectivity index is 0.000000458. The summed E-state index contributed by atoms with van der Waals surface area (Å²) in [5, 5.41) is 0.849. The molecule has 3 aromatic carbocycles. The van der Waals surface area contributed by atoms with Gasteiger partial charge >= 0.3 is 0 Å². The molecule has 1 aromatic heterocycles. The average Bonchev–Trinajstić information content (AvgIpc) is 3.27. The summed E-state index contributed by atoms with van der Waals surface area (Å²) in [6.45, 7) is 8.62. The number of hydrogen-bond donors (Lipinski definition) is 1. The number of carbonyl (C=O) groups excluding carboxylic acids is 1. The summed E-state index contributed by atoms with van der Waals surface area (Å²) in [5.74, 6) is 1.04. The zero-order chi connectivity index (χ0) is 27.3. The van der Waals surface area contributed by atoms with E-state index in [1.54, 1.807) is 24.3 Å². The van der Waals surface area contributed by atoms with Crippen LogP contribution in [0.25, 0.3) is 21.2 Å². The molecular formula is C32H39NO3S2. The summed E-state index contributed by atoms with van der Waals surface area (Å²) >= 11 is 1.40. The molecule has 1 aliphatic carbocycles. The van der Waals surface area contributed by atoms with Crippen LogP contribution in [0.2, 0.25) is 0 Å². The van der Waals surface area contributed by atoms with Crippen LogP contribution in [0, 0.1) is 5.92 Å². The van der Waals surface area contributed by atoms with Crippen LogP contribution in [-0.4, -0.2) is 14.7 Å². The monoisotopic (exact) mass is 549 g/mol. The zero-order valence-corrected chi connectivity index (χ0v) is 24.3. The molecule has 0 unspecified atom stereocenters. The van der Waals surface area contributed by atoms with Crippen molar-refractivity contribution >= 4 is 43.4 Å². The van der Waals surface area contributed by atoms with Gasteiger partial charge in [-0.05, 0) is 52.8 Å². The second kappa shape index (κ2) is 11.8. The van der Waals surface area contributed by atoms with Gasteiger partial charge in [0.25, 0.3) is 10.0 Å². The van der Waals surface area contributed by atoms with Gasteiger partial charge in [-0.3, -0.25) is 9.52 Å². The molecule has 4 aromatic rings. The van der Waals surface area contributed by atoms with E-state index >= 15 is 0 Å². The van der Waals surface area contributed by atoms with Gasteiger partial charge in [0.15, 0.2) is 6.29 Å². The minimum absolute atomic E-state index is 0. The largest absolute Gasteiger partial charge is 0.297 e. The van der Waals surface area contributed by atoms with Gasteiger partial charge in [-0.1, -0.05) is 102 Å². The summed E-state index contributed by atoms with van der Waals surface area (Å²) in [4.78, 5) is 12.5. The Kier molecular flexibility index (Phi) is 8.74. The van der Waals surface area contributed by atoms with E-state index < -0.39 is 10.0 Å². The molecule has 1 aliphatic rings. The lowest BCUT2D eigenvalue weighted by Crippen LogP contribution is -2.14. The Labute approximate surface area is 232 Å². The number of anilines is 1. The summed E-state index contributed by atoms with van der Waals surface area (Å²) in [7, 11) is -3.74. The maximum atomic E-state index is 13.0. The van der Waals surface area contributed by atoms with Crippen LogP contribution in [0.5, 0.6) is 0 Å². The lowest BCUT2D eigenvalue weighted by atomic mass is 9.87. The van der Waals surface area contributed by atoms with Crippen LogP contribution in [0.4, 0.5) is 5.69 Å². The first-order valence-corrected chi connectivity index (χ1v) is 15.6. The van der Waals surface area contributed by atoms with E-state index in [1.807, 2.05) is 48.5 Å². The van der Waals surface area contributed by atoms with E-state index in [4.69, 9.17) is 0 Å². The molecule has 0 atom stereocenters. The molecule has 1 N–H and O–H groups in total. The van der Waals surface area contributed by atoms with Crippen molar-refractivity contribution in [2.45, 2.75) is 70.1 Å². The molecule has 0 saturated heterocycles. The predicted molar refractivity (Wildman–Crippen MR) is 163 cm³/mol. The highest BCUT2D eigenvalue weighted by Gasteiger charge is 2.19. The average molecular weight is 550 g/mol. The maximum absolute atomic E-state index is 13.0. The van der Waals surface area contributed by atoms with Crippen LogP contribution >= 0.6 is 11.3 Å². The number of rotatable bonds is 5. The van der Waals surface area contributed by atoms with Crippen molar-refractivity contribution in [3.8, 4) is 11.1 Å². The zero-order valence-electron chi connectivity index (χ0n) is 22.7. The van der Waals surface area contributed by atoms with Crippen LogP contribution < -0.4 is 4.72 Å². The highest BCUT2D eigenvalue weighted by Crippen LogP contribution is 2.39. The van der Waals surface area contributed by atoms with Crippen LogP contribution in [0.1, 0.15) is 76.5 Å². The Morgan fingerprint density at radius 2 is 1.58 bits per heavy atom. The molecule has 0 aliphatic heterocycles. The molecule has 6 heteroatoms. The number of hydrogen-bond acceptors (Lipinski definition) is 4. The highest BCUT2D eigenvalue weighted by atomic mass is 32.2. The van der Waals surface area contributed by atoms with E-state index in [0.29, 0.717) is 10.6 Å². The summed E-state index contributed by atoms with van der Waals surface area (Å²) in [6, 6.07) is 22.0. The fourth-order valence-electron chi connectivity index (χ4n) is 4.82. The van der Waals surface area contributed by atoms with Crippen molar-refractivity contribution in [3.63, 3.8) is 0 Å². The number of fused-ring (bicyclic) bond motifs is 1. The third-order valence-electron chi connectivity index (χ3n) is 7.06. The first kappa shape index (κ1) is 28.1. The van der Waals surface area contributed by atoms with Crippen molar-refractivity contribution in [2.75, 3.05) is 4.72 Å². The van der Waals surface area contributed by atoms with Gasteiger partial charge < -0.3 is 0 Å². The highest BCUT2D eigenvalue weighted by molar-refractivity contribution is 7.92. The lowest BCUT2D eigenvalue weighted by molar-refractivity contribution is 0.112. The Morgan fingerprint density at radius 3 is 2.13 bits per heavy atom. The molecule has 4 nitrogen and oxygen atoms in total. The molecule has 1 heterocycles. The number of benzene rings is 3. The second-order valence-corrected chi connectivity index (χ2v) is 13.9. The van der Waals surface area contributed by atoms with Gasteiger partial charge in [0.05, 0.1) is 9.77 Å². The molecule has 0 bridgehead atoms. The number of aldehydes is 1. The van der Waals surface area contributed by atoms with Crippen LogP contribution in [-0.2, 0) is 15.4 Å². The van der Waals surface area contributed by atoms with E-state index in [-0.39, 0.29) is 11.7 Å². The first-order chi connectivity index (χ1) is 18.1. The third-order valence-corrected chi connectivity index (χ3v) is 9.55. The molecule has 1 fully saturated rings. The van der Waals surface area contributed by atoms with Gasteiger partial charge in [0.1, 0.15) is 0 Å². The second-order valence-electron chi connectivity index (χ2n) is 11.2. The molecular weight excluding hydrogens is 510 g/mol. The van der Waals surface area contributed by atoms with Crippen molar-refractivity contribution in [3.05, 3.63) is 83.2 Å². The summed E-state index contributed by atoms with van der Waals surface area (Å²) in [5.41, 5.74) is 3.23. The number of nitrogens with one attached hydrogen (secondary N) is 1. The lowest BCUT2D eigenvalue weighted by Gasteiger charge is -2.19. The smallest absolute Gasteiger partial charge is 0.261 e. The van der Waals surface area contributed by atoms with Crippen molar-refractivity contribution in [1.82, 2.24) is 0 Å². The van der Waals surface area contributed by atoms with E-state index in [9.17, 15) is 13.2 Å². The van der Waals surface area contributed by atoms with E-state index in [1.165, 1.54) is 43.4 Å². The molecule has 0 amide bonds. The molecule has 1 saturated carbocycles. The Morgan fingerprint density at radius 1 is 0.921 bits per heavy atom. The quantitative estimate of drug-likeness (QED) is 0.252. The molecule has 5 rings (SSSR count). The maximum Gasteiger partial charge on any atom is 0.261 e. The minimum atomic E-state index is -3.74. The minimum Gasteiger partial charge on any atom is -0.297 e. The van der Waals surface area contributed by atoms with Gasteiger partial charge in [0.2, 0.25) is 0 Å². The van der Waals surface area contributed by atoms with E-state index in [2.05, 4.69) is 32.4 Å². The van der Waals surface area contributed by atoms with Gasteiger partial charge in [-0.2, -0.15) is 0 Å². The number of thiophene rings is 1. The predicted octanol–water partition coefficient (Wildman–Crippen LogP) is 9.31. The number of carbonyl (C=O) groups is 1. The molecule has 202 valence electrons. The third kappa shape index (κ3) is 6.72. The molecule has 0 radical (unpaired) electrons. The fraction of sp³-hybridized carbons (Fsp3) is 0.344. The van der Waals surface area contributed by atoms with Crippen molar-refractivity contribution < 1.29 is 14.6 Å². The van der Waals surface area contributed by atoms with Gasteiger partial charge in [0, 0.05) is 22.8 Å². The van der Waals surface area contributed by atoms with Crippen LogP contribution in [0.3, 0.4) is 0 Å². The SMILES string of the molecule is CC(C)(C)c1ccc(S(=O)(=O)Nc2ccc3sc(C=O)c(-c4ccccc4)c3c2)cc1.CC1CCCCC1.[HH]. The topological polar surface area (TPSA) is 63.2 Å². The molecule has 38 heavy (non-hydrogen) atoms. The molecule has 0 spiro atoms. The van der Waals surface area contributed by atoms with Gasteiger partial charge in [-0.25, -0.2) is 8.42 Å². The Bertz CT molecular complexity index is 1480. The summed E-state index contributed by atoms with van der Waals surface area (Å²) < 4.78 is 29.5. The Hall–Kier alpha value is -2.96. The number of sulfonamides is 1.